The van der Waals surface area contributed by atoms with Gasteiger partial charge >= 0.3 is 0 Å². The zero-order valence-electron chi connectivity index (χ0n) is 6.37. The van der Waals surface area contributed by atoms with E-state index in [4.69, 9.17) is 0 Å². The van der Waals surface area contributed by atoms with Crippen molar-refractivity contribution in [3.05, 3.63) is 22.0 Å². The molecule has 1 nitrogen and oxygen atoms in total. The molecule has 0 radical (unpaired) electrons. The van der Waals surface area contributed by atoms with Gasteiger partial charge in [-0.25, -0.2) is 0 Å². The molecule has 0 atom stereocenters. The molecule has 0 saturated carbocycles. The molecule has 1 aliphatic rings. The molecular formula is C8H12BrN. The third kappa shape index (κ3) is 1.63. The lowest BCUT2D eigenvalue weighted by Gasteiger charge is -2.14. The fourth-order valence-corrected chi connectivity index (χ4v) is 1.24. The molecule has 1 N–H and O–H groups in total. The van der Waals surface area contributed by atoms with Gasteiger partial charge in [0.25, 0.3) is 0 Å². The van der Waals surface area contributed by atoms with Crippen molar-refractivity contribution in [1.82, 2.24) is 5.32 Å². The Kier molecular flexibility index (Phi) is 2.55. The predicted octanol–water partition coefficient (Wildman–Crippen LogP) is 2.90. The Morgan fingerprint density at radius 2 is 2.40 bits per heavy atom. The maximum absolute atomic E-state index is 3.43. The highest BCUT2D eigenvalue weighted by Crippen LogP contribution is 2.22. The second kappa shape index (κ2) is 3.24. The summed E-state index contributed by atoms with van der Waals surface area (Å²) < 4.78 is 1.13. The third-order valence-corrected chi connectivity index (χ3v) is 2.63. The number of hydrogen-bond acceptors (Lipinski definition) is 1. The van der Waals surface area contributed by atoms with E-state index in [0.29, 0.717) is 0 Å². The van der Waals surface area contributed by atoms with Crippen molar-refractivity contribution in [1.29, 1.82) is 0 Å². The Bertz CT molecular complexity index is 191. The van der Waals surface area contributed by atoms with Crippen LogP contribution in [-0.2, 0) is 0 Å². The van der Waals surface area contributed by atoms with Gasteiger partial charge in [0.2, 0.25) is 0 Å². The van der Waals surface area contributed by atoms with Gasteiger partial charge in [-0.05, 0) is 41.3 Å². The highest BCUT2D eigenvalue weighted by molar-refractivity contribution is 9.11. The van der Waals surface area contributed by atoms with E-state index in [1.165, 1.54) is 11.1 Å². The molecule has 0 spiro atoms. The summed E-state index contributed by atoms with van der Waals surface area (Å²) in [5.41, 5.74) is 2.86. The van der Waals surface area contributed by atoms with Gasteiger partial charge < -0.3 is 5.32 Å². The van der Waals surface area contributed by atoms with Crippen molar-refractivity contribution in [2.45, 2.75) is 26.7 Å². The van der Waals surface area contributed by atoms with Crippen LogP contribution in [0.3, 0.4) is 0 Å². The lowest BCUT2D eigenvalue weighted by molar-refractivity contribution is 0.904. The van der Waals surface area contributed by atoms with E-state index in [2.05, 4.69) is 41.3 Å². The van der Waals surface area contributed by atoms with Crippen molar-refractivity contribution in [2.75, 3.05) is 0 Å². The minimum Gasteiger partial charge on any atom is -0.356 e. The highest BCUT2D eigenvalue weighted by atomic mass is 79.9. The van der Waals surface area contributed by atoms with Gasteiger partial charge in [-0.3, -0.25) is 0 Å². The molecule has 0 saturated heterocycles. The predicted molar refractivity (Wildman–Crippen MR) is 47.8 cm³/mol. The van der Waals surface area contributed by atoms with Gasteiger partial charge in [-0.2, -0.15) is 0 Å². The van der Waals surface area contributed by atoms with Gasteiger partial charge in [0, 0.05) is 6.20 Å². The summed E-state index contributed by atoms with van der Waals surface area (Å²) in [7, 11) is 0. The summed E-state index contributed by atoms with van der Waals surface area (Å²) in [5, 5.41) is 3.17. The van der Waals surface area contributed by atoms with Crippen LogP contribution in [0.5, 0.6) is 0 Å². The summed E-state index contributed by atoms with van der Waals surface area (Å²) in [6.07, 6.45) is 4.34. The summed E-state index contributed by atoms with van der Waals surface area (Å²) >= 11 is 3.43. The van der Waals surface area contributed by atoms with Crippen LogP contribution in [0, 0.1) is 0 Å². The van der Waals surface area contributed by atoms with E-state index in [1.807, 2.05) is 0 Å². The summed E-state index contributed by atoms with van der Waals surface area (Å²) in [5.74, 6) is 0. The van der Waals surface area contributed by atoms with E-state index in [0.717, 1.165) is 17.4 Å². The maximum atomic E-state index is 3.43. The molecule has 1 rings (SSSR count). The zero-order chi connectivity index (χ0) is 7.56. The maximum Gasteiger partial charge on any atom is 0.0811 e. The van der Waals surface area contributed by atoms with Crippen LogP contribution in [0.1, 0.15) is 26.7 Å². The third-order valence-electron chi connectivity index (χ3n) is 1.72. The van der Waals surface area contributed by atoms with Gasteiger partial charge in [-0.15, -0.1) is 0 Å². The molecule has 0 aliphatic carbocycles. The first-order valence-corrected chi connectivity index (χ1v) is 4.33. The molecule has 0 fully saturated rings. The van der Waals surface area contributed by atoms with Crippen molar-refractivity contribution in [2.24, 2.45) is 0 Å². The monoisotopic (exact) mass is 201 g/mol. The van der Waals surface area contributed by atoms with Crippen LogP contribution in [0.4, 0.5) is 0 Å². The van der Waals surface area contributed by atoms with Crippen molar-refractivity contribution in [3.8, 4) is 0 Å². The molecule has 0 bridgehead atoms. The second-order valence-electron chi connectivity index (χ2n) is 2.57. The lowest BCUT2D eigenvalue weighted by atomic mass is 10.0. The van der Waals surface area contributed by atoms with Gasteiger partial charge in [0.15, 0.2) is 0 Å². The molecule has 0 aromatic rings. The largest absolute Gasteiger partial charge is 0.356 e. The molecule has 56 valence electrons. The number of rotatable bonds is 1. The Morgan fingerprint density at radius 3 is 2.90 bits per heavy atom. The standard InChI is InChI=1S/C8H12BrN/c1-3-7-4-6(2)8(9)10-5-7/h5,10H,3-4H2,1-2H3. The fourth-order valence-electron chi connectivity index (χ4n) is 0.985. The van der Waals surface area contributed by atoms with E-state index in [1.54, 1.807) is 0 Å². The number of hydrogen-bond donors (Lipinski definition) is 1. The van der Waals surface area contributed by atoms with Crippen molar-refractivity contribution >= 4 is 15.9 Å². The van der Waals surface area contributed by atoms with E-state index in [-0.39, 0.29) is 0 Å². The molecule has 0 aromatic carbocycles. The molecule has 0 aromatic heterocycles. The van der Waals surface area contributed by atoms with E-state index < -0.39 is 0 Å². The highest BCUT2D eigenvalue weighted by Gasteiger charge is 2.05. The Balaban J connectivity index is 2.63. The molecule has 0 unspecified atom stereocenters. The van der Waals surface area contributed by atoms with Crippen LogP contribution in [-0.4, -0.2) is 0 Å². The molecular weight excluding hydrogens is 190 g/mol. The van der Waals surface area contributed by atoms with Crippen molar-refractivity contribution in [3.63, 3.8) is 0 Å². The van der Waals surface area contributed by atoms with Crippen LogP contribution in [0.25, 0.3) is 0 Å². The normalized spacial score (nSPS) is 18.5. The lowest BCUT2D eigenvalue weighted by Crippen LogP contribution is -2.08. The summed E-state index contributed by atoms with van der Waals surface area (Å²) in [6.45, 7) is 4.32. The topological polar surface area (TPSA) is 12.0 Å². The van der Waals surface area contributed by atoms with E-state index >= 15 is 0 Å². The van der Waals surface area contributed by atoms with E-state index in [9.17, 15) is 0 Å². The minimum absolute atomic E-state index is 1.12. The molecule has 10 heavy (non-hydrogen) atoms. The molecule has 1 aliphatic heterocycles. The average molecular weight is 202 g/mol. The van der Waals surface area contributed by atoms with Gasteiger partial charge in [-0.1, -0.05) is 12.5 Å². The van der Waals surface area contributed by atoms with Crippen LogP contribution in [0.2, 0.25) is 0 Å². The molecule has 0 amide bonds. The minimum atomic E-state index is 1.12. The summed E-state index contributed by atoms with van der Waals surface area (Å²) in [6, 6.07) is 0. The number of nitrogens with one attached hydrogen (secondary N) is 1. The smallest absolute Gasteiger partial charge is 0.0811 e. The van der Waals surface area contributed by atoms with Gasteiger partial charge in [0.05, 0.1) is 4.61 Å². The van der Waals surface area contributed by atoms with Crippen LogP contribution in [0.15, 0.2) is 22.0 Å². The average Bonchev–Trinajstić information content (AvgIpc) is 1.95. The molecule has 1 heterocycles. The first-order chi connectivity index (χ1) is 4.74. The van der Waals surface area contributed by atoms with Crippen molar-refractivity contribution < 1.29 is 0 Å². The van der Waals surface area contributed by atoms with Crippen LogP contribution < -0.4 is 5.32 Å². The number of allylic oxidation sites excluding steroid dienone is 2. The summed E-state index contributed by atoms with van der Waals surface area (Å²) in [4.78, 5) is 0. The fraction of sp³-hybridized carbons (Fsp3) is 0.500. The first kappa shape index (κ1) is 7.86. The number of halogens is 1. The quantitative estimate of drug-likeness (QED) is 0.644. The Hall–Kier alpha value is -0.240. The SMILES string of the molecule is CCC1=CNC(Br)=C(C)C1. The Morgan fingerprint density at radius 1 is 1.70 bits per heavy atom. The number of dihydropyridines is 1. The van der Waals surface area contributed by atoms with Gasteiger partial charge in [0.1, 0.15) is 0 Å². The first-order valence-electron chi connectivity index (χ1n) is 3.53. The van der Waals surface area contributed by atoms with Crippen LogP contribution >= 0.6 is 15.9 Å². The zero-order valence-corrected chi connectivity index (χ0v) is 7.96. The Labute approximate surface area is 70.3 Å². The molecule has 2 heteroatoms. The second-order valence-corrected chi connectivity index (χ2v) is 3.36.